The van der Waals surface area contributed by atoms with Crippen LogP contribution in [-0.4, -0.2) is 16.3 Å². The fraction of sp³-hybridized carbons (Fsp3) is 0.875. The van der Waals surface area contributed by atoms with Crippen LogP contribution in [0.1, 0.15) is 127 Å². The lowest BCUT2D eigenvalue weighted by molar-refractivity contribution is -0.759. The normalized spacial score (nSPS) is 11.2. The summed E-state index contributed by atoms with van der Waals surface area (Å²) in [6, 6.07) is 0. The number of aliphatic carboxylic acids is 1. The van der Waals surface area contributed by atoms with Crippen molar-refractivity contribution in [3.63, 3.8) is 0 Å². The third kappa shape index (κ3) is 14.3. The van der Waals surface area contributed by atoms with E-state index < -0.39 is 5.97 Å². The summed E-state index contributed by atoms with van der Waals surface area (Å²) < 4.78 is 2.16. The van der Waals surface area contributed by atoms with Crippen molar-refractivity contribution in [1.82, 2.24) is 10.3 Å². The number of nitrogens with one attached hydrogen (secondary N) is 1. The van der Waals surface area contributed by atoms with Crippen molar-refractivity contribution >= 4 is 5.97 Å². The maximum atomic E-state index is 10.3. The highest BCUT2D eigenvalue weighted by Gasteiger charge is 2.11. The molecule has 0 radical (unpaired) electrons. The zero-order chi connectivity index (χ0) is 21.2. The first-order valence-electron chi connectivity index (χ1n) is 12.2. The fourth-order valence-corrected chi connectivity index (χ4v) is 3.90. The molecule has 0 aromatic carbocycles. The van der Waals surface area contributed by atoms with Gasteiger partial charge in [-0.25, -0.2) is 0 Å². The molecule has 0 unspecified atom stereocenters. The molecular formula is C24H45N3O2. The molecule has 0 saturated carbocycles. The lowest BCUT2D eigenvalue weighted by Crippen LogP contribution is -2.38. The molecule has 0 saturated heterocycles. The van der Waals surface area contributed by atoms with E-state index in [4.69, 9.17) is 0 Å². The van der Waals surface area contributed by atoms with Gasteiger partial charge in [-0.05, 0) is 25.7 Å². The monoisotopic (exact) mass is 407 g/mol. The number of carbonyl (C=O) groups is 1. The molecule has 5 heteroatoms. The number of carbonyl (C=O) groups excluding carboxylic acids is 1. The van der Waals surface area contributed by atoms with Crippen LogP contribution in [0.5, 0.6) is 0 Å². The molecule has 1 rings (SSSR count). The smallest absolute Gasteiger partial charge is 0.218 e. The van der Waals surface area contributed by atoms with Gasteiger partial charge in [-0.15, -0.1) is 0 Å². The van der Waals surface area contributed by atoms with Gasteiger partial charge < -0.3 is 9.90 Å². The van der Waals surface area contributed by atoms with E-state index in [1.165, 1.54) is 102 Å². The van der Waals surface area contributed by atoms with Gasteiger partial charge in [-0.1, -0.05) is 95.1 Å². The third-order valence-corrected chi connectivity index (χ3v) is 6.03. The number of hydrogen-bond acceptors (Lipinski definition) is 3. The lowest BCUT2D eigenvalue weighted by Gasteiger charge is -2.04. The maximum Gasteiger partial charge on any atom is 0.218 e. The van der Waals surface area contributed by atoms with Gasteiger partial charge in [0.1, 0.15) is 6.54 Å². The summed E-state index contributed by atoms with van der Waals surface area (Å²) >= 11 is 0. The number of hydrogen-bond donors (Lipinski definition) is 1. The van der Waals surface area contributed by atoms with Gasteiger partial charge >= 0.3 is 0 Å². The third-order valence-electron chi connectivity index (χ3n) is 6.03. The Kier molecular flexibility index (Phi) is 15.4. The number of nitrogens with zero attached hydrogens (tertiary/aromatic N) is 2. The van der Waals surface area contributed by atoms with E-state index in [0.29, 0.717) is 0 Å². The van der Waals surface area contributed by atoms with Crippen LogP contribution < -0.4 is 9.79 Å². The molecule has 1 aromatic heterocycles. The van der Waals surface area contributed by atoms with Gasteiger partial charge in [0.15, 0.2) is 5.69 Å². The van der Waals surface area contributed by atoms with Crippen LogP contribution in [0.2, 0.25) is 0 Å². The number of rotatable bonds is 20. The Morgan fingerprint density at radius 2 is 1.10 bits per heavy atom. The minimum absolute atomic E-state index is 0.227. The second-order valence-corrected chi connectivity index (χ2v) is 8.67. The van der Waals surface area contributed by atoms with Crippen LogP contribution in [0.15, 0.2) is 0 Å². The molecule has 29 heavy (non-hydrogen) atoms. The summed E-state index contributed by atoms with van der Waals surface area (Å²) in [5.74, 6) is -0.907. The molecule has 0 bridgehead atoms. The van der Waals surface area contributed by atoms with Crippen LogP contribution >= 0.6 is 0 Å². The predicted molar refractivity (Wildman–Crippen MR) is 116 cm³/mol. The number of carboxylic acid groups (broad SMARTS) is 1. The Labute approximate surface area is 178 Å². The van der Waals surface area contributed by atoms with E-state index in [2.05, 4.69) is 28.8 Å². The number of aromatic nitrogens is 3. The first-order valence-corrected chi connectivity index (χ1v) is 12.2. The van der Waals surface area contributed by atoms with Gasteiger partial charge in [0.05, 0.1) is 0 Å². The van der Waals surface area contributed by atoms with Crippen molar-refractivity contribution in [1.29, 1.82) is 0 Å². The number of aromatic amines is 1. The van der Waals surface area contributed by atoms with Crippen molar-refractivity contribution in [3.8, 4) is 0 Å². The van der Waals surface area contributed by atoms with Crippen molar-refractivity contribution in [2.24, 2.45) is 0 Å². The second-order valence-electron chi connectivity index (χ2n) is 8.67. The standard InChI is InChI=1S/C24H45N3O2/c1-22-23(2)27(26-25-22)21-19-17-15-13-11-9-7-5-3-4-6-8-10-12-14-16-18-20-24(28)29/h3-21H2,1-2H3,(H,28,29). The number of H-pyrrole nitrogens is 1. The highest BCUT2D eigenvalue weighted by molar-refractivity contribution is 5.63. The molecule has 0 fully saturated rings. The van der Waals surface area contributed by atoms with Gasteiger partial charge in [0.25, 0.3) is 0 Å². The van der Waals surface area contributed by atoms with Crippen molar-refractivity contribution in [2.45, 2.75) is 136 Å². The molecule has 1 N–H and O–H groups in total. The van der Waals surface area contributed by atoms with E-state index in [1.807, 2.05) is 0 Å². The van der Waals surface area contributed by atoms with Gasteiger partial charge in [-0.2, -0.15) is 4.68 Å². The first-order chi connectivity index (χ1) is 14.1. The number of unbranched alkanes of at least 4 members (excludes halogenated alkanes) is 16. The Morgan fingerprint density at radius 3 is 1.45 bits per heavy atom. The van der Waals surface area contributed by atoms with Gasteiger partial charge in [0.2, 0.25) is 5.69 Å². The summed E-state index contributed by atoms with van der Waals surface area (Å²) in [6.45, 7) is 5.25. The minimum atomic E-state index is -0.907. The molecular weight excluding hydrogens is 362 g/mol. The zero-order valence-corrected chi connectivity index (χ0v) is 19.1. The SMILES string of the molecule is Cc1n[nH][n+](CCCCCCCCCCCCCCCCCCCC(=O)[O-])c1C. The van der Waals surface area contributed by atoms with Crippen molar-refractivity contribution in [2.75, 3.05) is 0 Å². The molecule has 0 aliphatic heterocycles. The average Bonchev–Trinajstić information content (AvgIpc) is 3.01. The summed E-state index contributed by atoms with van der Waals surface area (Å²) in [6.07, 6.45) is 22.2. The molecule has 1 aromatic rings. The van der Waals surface area contributed by atoms with E-state index in [1.54, 1.807) is 0 Å². The predicted octanol–water partition coefficient (Wildman–Crippen LogP) is 5.09. The molecule has 1 heterocycles. The first kappa shape index (κ1) is 25.6. The Bertz CT molecular complexity index is 528. The number of carboxylic acids is 1. The molecule has 0 amide bonds. The van der Waals surface area contributed by atoms with E-state index >= 15 is 0 Å². The minimum Gasteiger partial charge on any atom is -0.550 e. The van der Waals surface area contributed by atoms with Crippen LogP contribution in [0.4, 0.5) is 0 Å². The molecule has 0 atom stereocenters. The highest BCUT2D eigenvalue weighted by atomic mass is 16.4. The molecule has 168 valence electrons. The topological polar surface area (TPSA) is 72.7 Å². The Balaban J connectivity index is 1.72. The lowest BCUT2D eigenvalue weighted by atomic mass is 10.0. The summed E-state index contributed by atoms with van der Waals surface area (Å²) in [5.41, 5.74) is 2.36. The molecule has 0 aliphatic carbocycles. The molecule has 0 aliphatic rings. The fourth-order valence-electron chi connectivity index (χ4n) is 3.90. The largest absolute Gasteiger partial charge is 0.550 e. The summed E-state index contributed by atoms with van der Waals surface area (Å²) in [4.78, 5) is 10.3. The van der Waals surface area contributed by atoms with Gasteiger partial charge in [0, 0.05) is 24.9 Å². The Morgan fingerprint density at radius 1 is 0.724 bits per heavy atom. The van der Waals surface area contributed by atoms with Crippen molar-refractivity contribution < 1.29 is 14.6 Å². The van der Waals surface area contributed by atoms with Crippen LogP contribution in [0, 0.1) is 13.8 Å². The van der Waals surface area contributed by atoms with Crippen LogP contribution in [0.3, 0.4) is 0 Å². The van der Waals surface area contributed by atoms with Gasteiger partial charge in [-0.3, -0.25) is 0 Å². The van der Waals surface area contributed by atoms with Crippen LogP contribution in [0.25, 0.3) is 0 Å². The molecule has 0 spiro atoms. The summed E-state index contributed by atoms with van der Waals surface area (Å²) in [5, 5.41) is 17.6. The summed E-state index contributed by atoms with van der Waals surface area (Å²) in [7, 11) is 0. The van der Waals surface area contributed by atoms with E-state index in [9.17, 15) is 9.90 Å². The maximum absolute atomic E-state index is 10.3. The average molecular weight is 408 g/mol. The van der Waals surface area contributed by atoms with E-state index in [-0.39, 0.29) is 6.42 Å². The van der Waals surface area contributed by atoms with Crippen molar-refractivity contribution in [3.05, 3.63) is 11.4 Å². The molecule has 5 nitrogen and oxygen atoms in total. The number of aryl methyl sites for hydroxylation is 2. The highest BCUT2D eigenvalue weighted by Crippen LogP contribution is 2.14. The Hall–Kier alpha value is -1.39. The van der Waals surface area contributed by atoms with Crippen LogP contribution in [-0.2, 0) is 11.3 Å². The second kappa shape index (κ2) is 17.5. The van der Waals surface area contributed by atoms with E-state index in [0.717, 1.165) is 25.1 Å². The quantitative estimate of drug-likeness (QED) is 0.242. The zero-order valence-electron chi connectivity index (χ0n) is 19.1.